The molecule has 0 aliphatic carbocycles. The fourth-order valence-corrected chi connectivity index (χ4v) is 2.87. The first-order chi connectivity index (χ1) is 7.65. The van der Waals surface area contributed by atoms with Gasteiger partial charge in [0, 0.05) is 10.9 Å². The van der Waals surface area contributed by atoms with E-state index in [1.807, 2.05) is 19.1 Å². The first kappa shape index (κ1) is 9.42. The Bertz CT molecular complexity index is 708. The maximum absolute atomic E-state index is 10.9. The summed E-state index contributed by atoms with van der Waals surface area (Å²) >= 11 is 1.32. The van der Waals surface area contributed by atoms with Gasteiger partial charge in [0.05, 0.1) is 10.2 Å². The summed E-state index contributed by atoms with van der Waals surface area (Å²) in [6.07, 6.45) is 0. The van der Waals surface area contributed by atoms with Gasteiger partial charge in [0.15, 0.2) is 0 Å². The Hall–Kier alpha value is -1.81. The number of fused-ring (bicyclic) bond motifs is 3. The van der Waals surface area contributed by atoms with Gasteiger partial charge >= 0.3 is 5.97 Å². The molecular weight excluding hydrogens is 222 g/mol. The molecule has 3 nitrogen and oxygen atoms in total. The van der Waals surface area contributed by atoms with Gasteiger partial charge in [-0.2, -0.15) is 0 Å². The van der Waals surface area contributed by atoms with Gasteiger partial charge in [-0.3, -0.25) is 0 Å². The minimum Gasteiger partial charge on any atom is -0.477 e. The maximum Gasteiger partial charge on any atom is 0.345 e. The number of thiophene rings is 1. The molecule has 0 saturated carbocycles. The second-order valence-electron chi connectivity index (χ2n) is 3.83. The van der Waals surface area contributed by atoms with Gasteiger partial charge in [0.2, 0.25) is 0 Å². The molecule has 0 fully saturated rings. The zero-order valence-electron chi connectivity index (χ0n) is 8.57. The highest BCUT2D eigenvalue weighted by Gasteiger charge is 2.12. The fraction of sp³-hybridized carbons (Fsp3) is 0.0833. The summed E-state index contributed by atoms with van der Waals surface area (Å²) in [4.78, 5) is 14.5. The number of hydrogen-bond acceptors (Lipinski definition) is 2. The summed E-state index contributed by atoms with van der Waals surface area (Å²) in [6.45, 7) is 2.03. The quantitative estimate of drug-likeness (QED) is 0.674. The number of H-pyrrole nitrogens is 1. The predicted octanol–water partition coefficient (Wildman–Crippen LogP) is 3.39. The predicted molar refractivity (Wildman–Crippen MR) is 65.4 cm³/mol. The topological polar surface area (TPSA) is 53.1 Å². The molecule has 4 heteroatoms. The van der Waals surface area contributed by atoms with Crippen molar-refractivity contribution in [1.29, 1.82) is 0 Å². The summed E-state index contributed by atoms with van der Waals surface area (Å²) in [5.41, 5.74) is 3.14. The number of aromatic amines is 1. The van der Waals surface area contributed by atoms with Crippen LogP contribution in [0.4, 0.5) is 0 Å². The number of rotatable bonds is 1. The van der Waals surface area contributed by atoms with Crippen molar-refractivity contribution >= 4 is 38.4 Å². The smallest absolute Gasteiger partial charge is 0.345 e. The number of carboxylic acids is 1. The highest BCUT2D eigenvalue weighted by atomic mass is 32.1. The van der Waals surface area contributed by atoms with E-state index >= 15 is 0 Å². The summed E-state index contributed by atoms with van der Waals surface area (Å²) < 4.78 is 1.02. The van der Waals surface area contributed by atoms with Crippen LogP contribution < -0.4 is 0 Å². The molecule has 0 amide bonds. The normalized spacial score (nSPS) is 11.3. The van der Waals surface area contributed by atoms with E-state index in [4.69, 9.17) is 5.11 Å². The van der Waals surface area contributed by atoms with Crippen molar-refractivity contribution in [3.05, 3.63) is 34.7 Å². The van der Waals surface area contributed by atoms with E-state index in [0.717, 1.165) is 21.1 Å². The Morgan fingerprint density at radius 2 is 2.12 bits per heavy atom. The zero-order chi connectivity index (χ0) is 11.3. The molecule has 3 aromatic rings. The number of carbonyl (C=O) groups is 1. The maximum atomic E-state index is 10.9. The van der Waals surface area contributed by atoms with Crippen LogP contribution in [0.15, 0.2) is 24.3 Å². The van der Waals surface area contributed by atoms with Crippen LogP contribution in [0.1, 0.15) is 15.2 Å². The number of benzene rings is 1. The third-order valence-electron chi connectivity index (χ3n) is 2.63. The van der Waals surface area contributed by atoms with Gasteiger partial charge in [-0.15, -0.1) is 11.3 Å². The molecule has 3 rings (SSSR count). The molecule has 0 bridgehead atoms. The van der Waals surface area contributed by atoms with Crippen molar-refractivity contribution in [2.24, 2.45) is 0 Å². The Balaban J connectivity index is 2.40. The number of hydrogen-bond donors (Lipinski definition) is 2. The van der Waals surface area contributed by atoms with E-state index in [1.165, 1.54) is 16.9 Å². The minimum absolute atomic E-state index is 0.379. The summed E-state index contributed by atoms with van der Waals surface area (Å²) in [7, 11) is 0. The Kier molecular flexibility index (Phi) is 1.82. The number of aromatic nitrogens is 1. The lowest BCUT2D eigenvalue weighted by Gasteiger charge is -1.92. The molecule has 0 aliphatic heterocycles. The zero-order valence-corrected chi connectivity index (χ0v) is 9.39. The minimum atomic E-state index is -0.865. The second-order valence-corrected chi connectivity index (χ2v) is 4.88. The van der Waals surface area contributed by atoms with Crippen LogP contribution in [-0.2, 0) is 0 Å². The van der Waals surface area contributed by atoms with Gasteiger partial charge in [-0.1, -0.05) is 11.6 Å². The highest BCUT2D eigenvalue weighted by molar-refractivity contribution is 7.21. The van der Waals surface area contributed by atoms with Gasteiger partial charge in [-0.25, -0.2) is 4.79 Å². The lowest BCUT2D eigenvalue weighted by molar-refractivity contribution is 0.0702. The molecule has 0 unspecified atom stereocenters. The fourth-order valence-electron chi connectivity index (χ4n) is 1.89. The van der Waals surface area contributed by atoms with E-state index in [-0.39, 0.29) is 0 Å². The monoisotopic (exact) mass is 231 g/mol. The van der Waals surface area contributed by atoms with Gasteiger partial charge in [-0.05, 0) is 25.1 Å². The number of nitrogens with one attached hydrogen (secondary N) is 1. The van der Waals surface area contributed by atoms with E-state index < -0.39 is 5.97 Å². The average Bonchev–Trinajstić information content (AvgIpc) is 2.75. The number of aromatic carboxylic acids is 1. The lowest BCUT2D eigenvalue weighted by Crippen LogP contribution is -1.89. The Labute approximate surface area is 95.3 Å². The third kappa shape index (κ3) is 1.23. The van der Waals surface area contributed by atoms with Gasteiger partial charge < -0.3 is 10.1 Å². The Morgan fingerprint density at radius 1 is 1.31 bits per heavy atom. The molecule has 0 aliphatic rings. The van der Waals surface area contributed by atoms with Gasteiger partial charge in [0.1, 0.15) is 4.88 Å². The molecule has 0 spiro atoms. The number of carboxylic acid groups (broad SMARTS) is 1. The average molecular weight is 231 g/mol. The van der Waals surface area contributed by atoms with E-state index in [2.05, 4.69) is 11.1 Å². The molecule has 2 heterocycles. The standard InChI is InChI=1S/C12H9NO2S/c1-6-2-3-8-7(4-6)11-9(13-8)5-10(16-11)12(14)15/h2-5,13H,1H3,(H,14,15). The SMILES string of the molecule is Cc1ccc2[nH]c3cc(C(=O)O)sc3c2c1. The second kappa shape index (κ2) is 3.09. The van der Waals surface area contributed by atoms with Crippen molar-refractivity contribution in [1.82, 2.24) is 4.98 Å². The molecule has 1 aromatic carbocycles. The summed E-state index contributed by atoms with van der Waals surface area (Å²) in [5.74, 6) is -0.865. The van der Waals surface area contributed by atoms with E-state index in [9.17, 15) is 4.79 Å². The molecule has 2 aromatic heterocycles. The van der Waals surface area contributed by atoms with Crippen LogP contribution in [0.2, 0.25) is 0 Å². The summed E-state index contributed by atoms with van der Waals surface area (Å²) in [5, 5.41) is 10.0. The molecule has 16 heavy (non-hydrogen) atoms. The molecule has 80 valence electrons. The van der Waals surface area contributed by atoms with Crippen LogP contribution >= 0.6 is 11.3 Å². The molecule has 2 N–H and O–H groups in total. The first-order valence-electron chi connectivity index (χ1n) is 4.90. The van der Waals surface area contributed by atoms with Crippen molar-refractivity contribution in [3.8, 4) is 0 Å². The van der Waals surface area contributed by atoms with Crippen LogP contribution in [0.5, 0.6) is 0 Å². The molecule has 0 atom stereocenters. The van der Waals surface area contributed by atoms with Crippen LogP contribution in [-0.4, -0.2) is 16.1 Å². The Morgan fingerprint density at radius 3 is 2.88 bits per heavy atom. The van der Waals surface area contributed by atoms with Crippen LogP contribution in [0.3, 0.4) is 0 Å². The molecule has 0 radical (unpaired) electrons. The van der Waals surface area contributed by atoms with E-state index in [0.29, 0.717) is 4.88 Å². The van der Waals surface area contributed by atoms with Crippen molar-refractivity contribution in [2.75, 3.05) is 0 Å². The highest BCUT2D eigenvalue weighted by Crippen LogP contribution is 2.33. The van der Waals surface area contributed by atoms with Gasteiger partial charge in [0.25, 0.3) is 0 Å². The van der Waals surface area contributed by atoms with Crippen molar-refractivity contribution < 1.29 is 9.90 Å². The summed E-state index contributed by atoms with van der Waals surface area (Å²) in [6, 6.07) is 7.84. The molecule has 0 saturated heterocycles. The van der Waals surface area contributed by atoms with E-state index in [1.54, 1.807) is 6.07 Å². The number of aryl methyl sites for hydroxylation is 1. The van der Waals surface area contributed by atoms with Crippen LogP contribution in [0, 0.1) is 6.92 Å². The molecular formula is C12H9NO2S. The largest absolute Gasteiger partial charge is 0.477 e. The lowest BCUT2D eigenvalue weighted by atomic mass is 10.2. The third-order valence-corrected chi connectivity index (χ3v) is 3.79. The van der Waals surface area contributed by atoms with Crippen molar-refractivity contribution in [2.45, 2.75) is 6.92 Å². The van der Waals surface area contributed by atoms with Crippen molar-refractivity contribution in [3.63, 3.8) is 0 Å². The first-order valence-corrected chi connectivity index (χ1v) is 5.72. The van der Waals surface area contributed by atoms with Crippen LogP contribution in [0.25, 0.3) is 21.1 Å².